The molecule has 0 aliphatic carbocycles. The molecule has 0 aromatic heterocycles. The lowest BCUT2D eigenvalue weighted by Crippen LogP contribution is -2.47. The second-order valence-corrected chi connectivity index (χ2v) is 6.46. The third-order valence-electron chi connectivity index (χ3n) is 4.08. The van der Waals surface area contributed by atoms with Gasteiger partial charge in [0.1, 0.15) is 18.3 Å². The molecule has 0 radical (unpaired) electrons. The van der Waals surface area contributed by atoms with Crippen molar-refractivity contribution in [2.45, 2.75) is 44.2 Å². The summed E-state index contributed by atoms with van der Waals surface area (Å²) in [5.41, 5.74) is 0.474. The zero-order valence-electron chi connectivity index (χ0n) is 14.1. The molecule has 2 saturated heterocycles. The molecule has 0 bridgehead atoms. The molecule has 2 fully saturated rings. The van der Waals surface area contributed by atoms with Crippen LogP contribution < -0.4 is 10.6 Å². The number of carbonyl (C=O) groups is 2. The Labute approximate surface area is 145 Å². The number of hydrogen-bond acceptors (Lipinski definition) is 6. The van der Waals surface area contributed by atoms with E-state index in [1.54, 1.807) is 44.2 Å². The third-order valence-corrected chi connectivity index (χ3v) is 4.08. The summed E-state index contributed by atoms with van der Waals surface area (Å²) in [5.74, 6) is -1.56. The van der Waals surface area contributed by atoms with Gasteiger partial charge in [0, 0.05) is 5.56 Å². The first kappa shape index (κ1) is 17.8. The Morgan fingerprint density at radius 1 is 1.16 bits per heavy atom. The molecule has 3 rings (SSSR count). The number of aliphatic hydroxyl groups is 1. The number of rotatable bonds is 5. The van der Waals surface area contributed by atoms with Crippen LogP contribution in [0.25, 0.3) is 0 Å². The van der Waals surface area contributed by atoms with Crippen molar-refractivity contribution in [2.75, 3.05) is 13.2 Å². The fourth-order valence-corrected chi connectivity index (χ4v) is 3.01. The van der Waals surface area contributed by atoms with Gasteiger partial charge in [0.05, 0.1) is 13.2 Å². The van der Waals surface area contributed by atoms with Crippen LogP contribution in [0.4, 0.5) is 0 Å². The Hall–Kier alpha value is -2.00. The predicted octanol–water partition coefficient (Wildman–Crippen LogP) is -0.230. The standard InChI is InChI=1S/C17H22N2O6/c1-17(2)24-13-11(9-20)23-16(14(13)25-17)19-12(21)8-18-15(22)10-6-4-3-5-7-10/h3-7,11,13-14,16,20H,8-9H2,1-2H3,(H,18,22)(H,19,21). The second kappa shape index (κ2) is 7.09. The Morgan fingerprint density at radius 2 is 1.84 bits per heavy atom. The molecule has 4 atom stereocenters. The fourth-order valence-electron chi connectivity index (χ4n) is 3.01. The van der Waals surface area contributed by atoms with Crippen LogP contribution in [-0.2, 0) is 19.0 Å². The number of aliphatic hydroxyl groups excluding tert-OH is 1. The molecule has 136 valence electrons. The van der Waals surface area contributed by atoms with Crippen LogP contribution in [0, 0.1) is 0 Å². The number of nitrogens with one attached hydrogen (secondary N) is 2. The summed E-state index contributed by atoms with van der Waals surface area (Å²) in [4.78, 5) is 24.1. The number of fused-ring (bicyclic) bond motifs is 1. The van der Waals surface area contributed by atoms with Crippen molar-refractivity contribution in [3.8, 4) is 0 Å². The summed E-state index contributed by atoms with van der Waals surface area (Å²) in [5, 5.41) is 14.6. The van der Waals surface area contributed by atoms with Crippen molar-refractivity contribution in [2.24, 2.45) is 0 Å². The van der Waals surface area contributed by atoms with Gasteiger partial charge in [-0.2, -0.15) is 0 Å². The number of benzene rings is 1. The van der Waals surface area contributed by atoms with Crippen LogP contribution in [0.1, 0.15) is 24.2 Å². The minimum absolute atomic E-state index is 0.195. The van der Waals surface area contributed by atoms with Crippen molar-refractivity contribution >= 4 is 11.8 Å². The quantitative estimate of drug-likeness (QED) is 0.677. The predicted molar refractivity (Wildman–Crippen MR) is 86.5 cm³/mol. The van der Waals surface area contributed by atoms with Crippen molar-refractivity contribution in [1.82, 2.24) is 10.6 Å². The van der Waals surface area contributed by atoms with E-state index in [1.165, 1.54) is 0 Å². The van der Waals surface area contributed by atoms with Gasteiger partial charge in [0.15, 0.2) is 12.0 Å². The molecule has 8 heteroatoms. The van der Waals surface area contributed by atoms with E-state index >= 15 is 0 Å². The summed E-state index contributed by atoms with van der Waals surface area (Å²) in [7, 11) is 0. The van der Waals surface area contributed by atoms with Gasteiger partial charge < -0.3 is 30.0 Å². The Morgan fingerprint density at radius 3 is 2.52 bits per heavy atom. The maximum atomic E-state index is 12.1. The lowest BCUT2D eigenvalue weighted by Gasteiger charge is -2.24. The minimum Gasteiger partial charge on any atom is -0.394 e. The monoisotopic (exact) mass is 350 g/mol. The highest BCUT2D eigenvalue weighted by molar-refractivity contribution is 5.96. The maximum absolute atomic E-state index is 12.1. The summed E-state index contributed by atoms with van der Waals surface area (Å²) < 4.78 is 17.1. The minimum atomic E-state index is -0.808. The highest BCUT2D eigenvalue weighted by Gasteiger charge is 2.55. The molecular formula is C17H22N2O6. The zero-order chi connectivity index (χ0) is 18.0. The van der Waals surface area contributed by atoms with Gasteiger partial charge in [0.25, 0.3) is 5.91 Å². The largest absolute Gasteiger partial charge is 0.394 e. The summed E-state index contributed by atoms with van der Waals surface area (Å²) in [6.45, 7) is 3.09. The average molecular weight is 350 g/mol. The number of ether oxygens (including phenoxy) is 3. The van der Waals surface area contributed by atoms with E-state index in [9.17, 15) is 14.7 Å². The SMILES string of the molecule is CC1(C)OC2C(CO)OC(NC(=O)CNC(=O)c3ccccc3)C2O1. The zero-order valence-corrected chi connectivity index (χ0v) is 14.1. The first-order chi connectivity index (χ1) is 11.9. The number of hydrogen-bond donors (Lipinski definition) is 3. The van der Waals surface area contributed by atoms with Gasteiger partial charge in [-0.25, -0.2) is 0 Å². The lowest BCUT2D eigenvalue weighted by atomic mass is 10.1. The first-order valence-electron chi connectivity index (χ1n) is 8.14. The highest BCUT2D eigenvalue weighted by atomic mass is 16.8. The average Bonchev–Trinajstić information content (AvgIpc) is 3.07. The van der Waals surface area contributed by atoms with Gasteiger partial charge in [0.2, 0.25) is 5.91 Å². The van der Waals surface area contributed by atoms with Crippen LogP contribution in [0.2, 0.25) is 0 Å². The van der Waals surface area contributed by atoms with Crippen molar-refractivity contribution in [3.63, 3.8) is 0 Å². The molecule has 1 aromatic carbocycles. The van der Waals surface area contributed by atoms with E-state index in [0.717, 1.165) is 0 Å². The summed E-state index contributed by atoms with van der Waals surface area (Å²) >= 11 is 0. The van der Waals surface area contributed by atoms with Crippen LogP contribution in [0.5, 0.6) is 0 Å². The summed E-state index contributed by atoms with van der Waals surface area (Å²) in [6.07, 6.45) is -2.29. The molecule has 3 N–H and O–H groups in total. The van der Waals surface area contributed by atoms with Gasteiger partial charge in [-0.05, 0) is 26.0 Å². The van der Waals surface area contributed by atoms with Gasteiger partial charge >= 0.3 is 0 Å². The molecule has 0 saturated carbocycles. The Bertz CT molecular complexity index is 635. The molecule has 2 aliphatic heterocycles. The van der Waals surface area contributed by atoms with Crippen LogP contribution in [0.15, 0.2) is 30.3 Å². The molecule has 25 heavy (non-hydrogen) atoms. The lowest BCUT2D eigenvalue weighted by molar-refractivity contribution is -0.194. The molecule has 0 spiro atoms. The van der Waals surface area contributed by atoms with E-state index in [1.807, 2.05) is 0 Å². The van der Waals surface area contributed by atoms with E-state index in [-0.39, 0.29) is 19.1 Å². The van der Waals surface area contributed by atoms with Crippen LogP contribution in [-0.4, -0.2) is 60.4 Å². The van der Waals surface area contributed by atoms with Crippen molar-refractivity contribution in [1.29, 1.82) is 0 Å². The summed E-state index contributed by atoms with van der Waals surface area (Å²) in [6, 6.07) is 8.62. The van der Waals surface area contributed by atoms with Gasteiger partial charge in [-0.3, -0.25) is 9.59 Å². The first-order valence-corrected chi connectivity index (χ1v) is 8.14. The maximum Gasteiger partial charge on any atom is 0.251 e. The Kier molecular flexibility index (Phi) is 5.05. The molecule has 2 amide bonds. The van der Waals surface area contributed by atoms with E-state index in [2.05, 4.69) is 10.6 Å². The fraction of sp³-hybridized carbons (Fsp3) is 0.529. The van der Waals surface area contributed by atoms with Crippen LogP contribution >= 0.6 is 0 Å². The van der Waals surface area contributed by atoms with Crippen molar-refractivity contribution in [3.05, 3.63) is 35.9 Å². The van der Waals surface area contributed by atoms with Gasteiger partial charge in [-0.1, -0.05) is 18.2 Å². The Balaban J connectivity index is 1.53. The molecule has 2 heterocycles. The van der Waals surface area contributed by atoms with Gasteiger partial charge in [-0.15, -0.1) is 0 Å². The molecule has 2 aliphatic rings. The molecule has 4 unspecified atom stereocenters. The highest BCUT2D eigenvalue weighted by Crippen LogP contribution is 2.37. The van der Waals surface area contributed by atoms with E-state index < -0.39 is 36.2 Å². The molecule has 1 aromatic rings. The van der Waals surface area contributed by atoms with E-state index in [4.69, 9.17) is 14.2 Å². The van der Waals surface area contributed by atoms with Crippen molar-refractivity contribution < 1.29 is 28.9 Å². The number of carbonyl (C=O) groups excluding carboxylic acids is 2. The molecule has 8 nitrogen and oxygen atoms in total. The third kappa shape index (κ3) is 3.98. The van der Waals surface area contributed by atoms with E-state index in [0.29, 0.717) is 5.56 Å². The normalized spacial score (nSPS) is 29.9. The molecular weight excluding hydrogens is 328 g/mol. The van der Waals surface area contributed by atoms with Crippen LogP contribution in [0.3, 0.4) is 0 Å². The second-order valence-electron chi connectivity index (χ2n) is 6.46. The smallest absolute Gasteiger partial charge is 0.251 e. The number of amides is 2. The topological polar surface area (TPSA) is 106 Å².